The van der Waals surface area contributed by atoms with Crippen molar-refractivity contribution in [3.8, 4) is 56.4 Å². The van der Waals surface area contributed by atoms with Gasteiger partial charge in [0.15, 0.2) is 17.5 Å². The van der Waals surface area contributed by atoms with Gasteiger partial charge in [-0.2, -0.15) is 0 Å². The van der Waals surface area contributed by atoms with Crippen LogP contribution in [-0.4, -0.2) is 24.9 Å². The topological polar surface area (TPSA) is 64.5 Å². The molecule has 0 aliphatic heterocycles. The van der Waals surface area contributed by atoms with E-state index < -0.39 is 0 Å². The summed E-state index contributed by atoms with van der Waals surface area (Å²) in [6.45, 7) is 0. The maximum Gasteiger partial charge on any atom is 0.165 e. The molecule has 0 aliphatic rings. The molecule has 0 N–H and O–H groups in total. The first-order valence-electron chi connectivity index (χ1n) is 15.9. The standard InChI is InChI=1S/C43H27N5/c1-2-11-28(12-3-1)33-24-38(40-37-20-7-6-18-35(37)34-17-4-5-19-36(34)39(40)25-33)29-13-8-14-30(23-29)41-46-42(31-15-9-21-44-26-31)48-43(47-41)32-16-10-22-45-27-32/h1-27H. The van der Waals surface area contributed by atoms with Crippen molar-refractivity contribution < 1.29 is 0 Å². The molecule has 224 valence electrons. The molecule has 6 aromatic carbocycles. The zero-order chi connectivity index (χ0) is 31.9. The van der Waals surface area contributed by atoms with E-state index in [1.165, 1.54) is 43.4 Å². The summed E-state index contributed by atoms with van der Waals surface area (Å²) in [5.41, 5.74) is 7.12. The van der Waals surface area contributed by atoms with E-state index in [4.69, 9.17) is 15.0 Å². The first-order chi connectivity index (χ1) is 23.8. The minimum Gasteiger partial charge on any atom is -0.264 e. The van der Waals surface area contributed by atoms with Gasteiger partial charge in [0.1, 0.15) is 0 Å². The van der Waals surface area contributed by atoms with Crippen LogP contribution in [0.25, 0.3) is 88.7 Å². The molecule has 9 aromatic rings. The smallest absolute Gasteiger partial charge is 0.165 e. The number of aromatic nitrogens is 5. The third-order valence-corrected chi connectivity index (χ3v) is 8.86. The second kappa shape index (κ2) is 11.6. The van der Waals surface area contributed by atoms with E-state index in [1.54, 1.807) is 24.8 Å². The summed E-state index contributed by atoms with van der Waals surface area (Å²) in [7, 11) is 0. The van der Waals surface area contributed by atoms with Crippen LogP contribution in [-0.2, 0) is 0 Å². The summed E-state index contributed by atoms with van der Waals surface area (Å²) in [6, 6.07) is 49.0. The van der Waals surface area contributed by atoms with Gasteiger partial charge in [0.05, 0.1) is 0 Å². The number of hydrogen-bond donors (Lipinski definition) is 0. The summed E-state index contributed by atoms with van der Waals surface area (Å²) < 4.78 is 0. The van der Waals surface area contributed by atoms with Crippen LogP contribution >= 0.6 is 0 Å². The van der Waals surface area contributed by atoms with Crippen LogP contribution < -0.4 is 0 Å². The average Bonchev–Trinajstić information content (AvgIpc) is 3.18. The Morgan fingerprint density at radius 3 is 1.44 bits per heavy atom. The molecule has 3 aromatic heterocycles. The molecule has 0 saturated heterocycles. The lowest BCUT2D eigenvalue weighted by Gasteiger charge is -2.17. The third kappa shape index (κ3) is 4.86. The van der Waals surface area contributed by atoms with Gasteiger partial charge < -0.3 is 0 Å². The van der Waals surface area contributed by atoms with Crippen LogP contribution in [0.2, 0.25) is 0 Å². The molecule has 0 saturated carbocycles. The first kappa shape index (κ1) is 27.7. The van der Waals surface area contributed by atoms with Crippen LogP contribution in [0.4, 0.5) is 0 Å². The molecule has 0 amide bonds. The van der Waals surface area contributed by atoms with E-state index in [9.17, 15) is 0 Å². The van der Waals surface area contributed by atoms with E-state index in [-0.39, 0.29) is 0 Å². The highest BCUT2D eigenvalue weighted by atomic mass is 15.0. The Bertz CT molecular complexity index is 2550. The van der Waals surface area contributed by atoms with Crippen LogP contribution in [0.5, 0.6) is 0 Å². The van der Waals surface area contributed by atoms with Gasteiger partial charge in [0, 0.05) is 41.5 Å². The number of fused-ring (bicyclic) bond motifs is 6. The molecule has 0 atom stereocenters. The Morgan fingerprint density at radius 1 is 0.312 bits per heavy atom. The van der Waals surface area contributed by atoms with Crippen molar-refractivity contribution in [3.05, 3.63) is 164 Å². The zero-order valence-corrected chi connectivity index (χ0v) is 25.8. The summed E-state index contributed by atoms with van der Waals surface area (Å²) in [4.78, 5) is 23.4. The van der Waals surface area contributed by atoms with Gasteiger partial charge in [-0.1, -0.05) is 97.1 Å². The second-order valence-corrected chi connectivity index (χ2v) is 11.8. The Morgan fingerprint density at radius 2 is 0.812 bits per heavy atom. The Balaban J connectivity index is 1.32. The predicted molar refractivity (Wildman–Crippen MR) is 195 cm³/mol. The lowest BCUT2D eigenvalue weighted by Crippen LogP contribution is -2.00. The Labute approximate surface area is 277 Å². The van der Waals surface area contributed by atoms with E-state index in [0.717, 1.165) is 27.8 Å². The van der Waals surface area contributed by atoms with Crippen molar-refractivity contribution in [1.29, 1.82) is 0 Å². The monoisotopic (exact) mass is 613 g/mol. The zero-order valence-electron chi connectivity index (χ0n) is 25.8. The van der Waals surface area contributed by atoms with Crippen molar-refractivity contribution in [2.24, 2.45) is 0 Å². The fourth-order valence-corrected chi connectivity index (χ4v) is 6.64. The molecule has 0 spiro atoms. The summed E-state index contributed by atoms with van der Waals surface area (Å²) in [5, 5.41) is 7.41. The normalized spacial score (nSPS) is 11.3. The minimum atomic E-state index is 0.561. The quantitative estimate of drug-likeness (QED) is 0.181. The van der Waals surface area contributed by atoms with Crippen LogP contribution in [0.1, 0.15) is 0 Å². The average molecular weight is 614 g/mol. The molecule has 0 radical (unpaired) electrons. The maximum atomic E-state index is 4.97. The lowest BCUT2D eigenvalue weighted by atomic mass is 9.86. The molecular weight excluding hydrogens is 587 g/mol. The fraction of sp³-hybridized carbons (Fsp3) is 0. The molecule has 5 heteroatoms. The highest BCUT2D eigenvalue weighted by Crippen LogP contribution is 2.43. The molecular formula is C43H27N5. The summed E-state index contributed by atoms with van der Waals surface area (Å²) in [5.74, 6) is 1.71. The van der Waals surface area contributed by atoms with E-state index >= 15 is 0 Å². The number of rotatable bonds is 5. The minimum absolute atomic E-state index is 0.561. The largest absolute Gasteiger partial charge is 0.264 e. The second-order valence-electron chi connectivity index (χ2n) is 11.8. The van der Waals surface area contributed by atoms with E-state index in [0.29, 0.717) is 17.5 Å². The Kier molecular flexibility index (Phi) is 6.72. The van der Waals surface area contributed by atoms with Gasteiger partial charge in [-0.3, -0.25) is 9.97 Å². The van der Waals surface area contributed by atoms with Gasteiger partial charge in [-0.25, -0.2) is 15.0 Å². The Hall–Kier alpha value is -6.59. The van der Waals surface area contributed by atoms with Crippen LogP contribution in [0.15, 0.2) is 164 Å². The van der Waals surface area contributed by atoms with Crippen LogP contribution in [0.3, 0.4) is 0 Å². The van der Waals surface area contributed by atoms with Gasteiger partial charge in [-0.15, -0.1) is 0 Å². The van der Waals surface area contributed by atoms with Crippen LogP contribution in [0, 0.1) is 0 Å². The molecule has 9 rings (SSSR count). The molecule has 48 heavy (non-hydrogen) atoms. The van der Waals surface area contributed by atoms with E-state index in [2.05, 4.69) is 125 Å². The molecule has 0 aliphatic carbocycles. The summed E-state index contributed by atoms with van der Waals surface area (Å²) >= 11 is 0. The van der Waals surface area contributed by atoms with Crippen molar-refractivity contribution in [2.75, 3.05) is 0 Å². The van der Waals surface area contributed by atoms with Gasteiger partial charge in [0.2, 0.25) is 0 Å². The number of nitrogens with zero attached hydrogens (tertiary/aromatic N) is 5. The first-order valence-corrected chi connectivity index (χ1v) is 15.9. The predicted octanol–water partition coefficient (Wildman–Crippen LogP) is 10.5. The summed E-state index contributed by atoms with van der Waals surface area (Å²) in [6.07, 6.45) is 7.05. The number of hydrogen-bond acceptors (Lipinski definition) is 5. The lowest BCUT2D eigenvalue weighted by molar-refractivity contribution is 1.07. The number of benzene rings is 6. The van der Waals surface area contributed by atoms with Crippen molar-refractivity contribution in [3.63, 3.8) is 0 Å². The molecule has 0 fully saturated rings. The third-order valence-electron chi connectivity index (χ3n) is 8.86. The van der Waals surface area contributed by atoms with Crippen molar-refractivity contribution >= 4 is 32.3 Å². The van der Waals surface area contributed by atoms with E-state index in [1.807, 2.05) is 24.3 Å². The number of pyridine rings is 2. The maximum absolute atomic E-state index is 4.97. The van der Waals surface area contributed by atoms with Gasteiger partial charge in [-0.05, 0) is 97.0 Å². The van der Waals surface area contributed by atoms with Crippen molar-refractivity contribution in [1.82, 2.24) is 24.9 Å². The highest BCUT2D eigenvalue weighted by Gasteiger charge is 2.17. The van der Waals surface area contributed by atoms with Crippen molar-refractivity contribution in [2.45, 2.75) is 0 Å². The molecule has 3 heterocycles. The molecule has 0 unspecified atom stereocenters. The van der Waals surface area contributed by atoms with Gasteiger partial charge in [0.25, 0.3) is 0 Å². The van der Waals surface area contributed by atoms with Gasteiger partial charge >= 0.3 is 0 Å². The molecule has 5 nitrogen and oxygen atoms in total. The molecule has 0 bridgehead atoms. The fourth-order valence-electron chi connectivity index (χ4n) is 6.64. The SMILES string of the molecule is c1ccc(-c2cc(-c3cccc(-c4nc(-c5cccnc5)nc(-c5cccnc5)n4)c3)c3c4ccccc4c4ccccc4c3c2)cc1. The highest BCUT2D eigenvalue weighted by molar-refractivity contribution is 6.29.